The Balaban J connectivity index is 3.78. The predicted molar refractivity (Wildman–Crippen MR) is 66.5 cm³/mol. The third-order valence-corrected chi connectivity index (χ3v) is 2.90. The van der Waals surface area contributed by atoms with Gasteiger partial charge in [-0.25, -0.2) is 0 Å². The number of hydrogen-bond acceptors (Lipinski definition) is 3. The maximum absolute atomic E-state index is 10.9. The normalized spacial score (nSPS) is 15.1. The number of carboxylic acid groups (broad SMARTS) is 1. The largest absolute Gasteiger partial charge is 0.480 e. The van der Waals surface area contributed by atoms with Crippen LogP contribution in [0.25, 0.3) is 0 Å². The highest BCUT2D eigenvalue weighted by atomic mass is 16.4. The standard InChI is InChI=1S/C12H26N2O2/c1-4-5-6-7-10(13)8-9-11(12(15)16)14(2)3/h10-11H,4-9,13H2,1-3H3,(H,15,16). The van der Waals surface area contributed by atoms with E-state index in [4.69, 9.17) is 10.8 Å². The van der Waals surface area contributed by atoms with Crippen molar-refractivity contribution in [2.75, 3.05) is 14.1 Å². The van der Waals surface area contributed by atoms with Crippen LogP contribution in [0.15, 0.2) is 0 Å². The molecule has 96 valence electrons. The van der Waals surface area contributed by atoms with Crippen molar-refractivity contribution in [3.05, 3.63) is 0 Å². The van der Waals surface area contributed by atoms with Gasteiger partial charge in [-0.2, -0.15) is 0 Å². The van der Waals surface area contributed by atoms with E-state index in [2.05, 4.69) is 6.92 Å². The first-order valence-electron chi connectivity index (χ1n) is 6.13. The lowest BCUT2D eigenvalue weighted by atomic mass is 10.0. The van der Waals surface area contributed by atoms with Gasteiger partial charge in [0.05, 0.1) is 0 Å². The second-order valence-electron chi connectivity index (χ2n) is 4.65. The van der Waals surface area contributed by atoms with Gasteiger partial charge in [0.15, 0.2) is 0 Å². The van der Waals surface area contributed by atoms with Gasteiger partial charge in [-0.05, 0) is 33.4 Å². The second-order valence-corrected chi connectivity index (χ2v) is 4.65. The molecule has 0 saturated carbocycles. The van der Waals surface area contributed by atoms with Crippen LogP contribution < -0.4 is 5.73 Å². The first-order chi connectivity index (χ1) is 7.49. The third kappa shape index (κ3) is 6.80. The van der Waals surface area contributed by atoms with Crippen LogP contribution in [0.5, 0.6) is 0 Å². The number of nitrogens with two attached hydrogens (primary N) is 1. The van der Waals surface area contributed by atoms with E-state index < -0.39 is 12.0 Å². The van der Waals surface area contributed by atoms with Gasteiger partial charge in [0.2, 0.25) is 0 Å². The minimum Gasteiger partial charge on any atom is -0.480 e. The van der Waals surface area contributed by atoms with Crippen molar-refractivity contribution in [3.8, 4) is 0 Å². The average molecular weight is 230 g/mol. The third-order valence-electron chi connectivity index (χ3n) is 2.90. The summed E-state index contributed by atoms with van der Waals surface area (Å²) in [5.74, 6) is -0.759. The van der Waals surface area contributed by atoms with Crippen LogP contribution in [0.3, 0.4) is 0 Å². The highest BCUT2D eigenvalue weighted by molar-refractivity contribution is 5.73. The molecule has 0 aliphatic heterocycles. The number of unbranched alkanes of at least 4 members (excludes halogenated alkanes) is 2. The monoisotopic (exact) mass is 230 g/mol. The van der Waals surface area contributed by atoms with E-state index in [9.17, 15) is 4.79 Å². The molecule has 0 aromatic carbocycles. The van der Waals surface area contributed by atoms with Crippen molar-refractivity contribution in [2.45, 2.75) is 57.5 Å². The highest BCUT2D eigenvalue weighted by Crippen LogP contribution is 2.10. The SMILES string of the molecule is CCCCCC(N)CCC(C(=O)O)N(C)C. The molecule has 0 bridgehead atoms. The Hall–Kier alpha value is -0.610. The zero-order valence-electron chi connectivity index (χ0n) is 10.8. The van der Waals surface area contributed by atoms with E-state index in [1.807, 2.05) is 0 Å². The van der Waals surface area contributed by atoms with Crippen LogP contribution in [0.2, 0.25) is 0 Å². The summed E-state index contributed by atoms with van der Waals surface area (Å²) in [6, 6.07) is -0.259. The van der Waals surface area contributed by atoms with Crippen LogP contribution in [-0.4, -0.2) is 42.2 Å². The zero-order chi connectivity index (χ0) is 12.6. The van der Waals surface area contributed by atoms with Crippen molar-refractivity contribution >= 4 is 5.97 Å². The smallest absolute Gasteiger partial charge is 0.320 e. The second kappa shape index (κ2) is 8.53. The molecular formula is C12H26N2O2. The highest BCUT2D eigenvalue weighted by Gasteiger charge is 2.20. The molecule has 0 heterocycles. The first kappa shape index (κ1) is 15.4. The quantitative estimate of drug-likeness (QED) is 0.592. The molecule has 3 N–H and O–H groups in total. The van der Waals surface area contributed by atoms with Crippen molar-refractivity contribution in [1.82, 2.24) is 4.90 Å². The zero-order valence-corrected chi connectivity index (χ0v) is 10.8. The lowest BCUT2D eigenvalue weighted by Crippen LogP contribution is -2.37. The summed E-state index contributed by atoms with van der Waals surface area (Å²) in [7, 11) is 3.59. The maximum atomic E-state index is 10.9. The van der Waals surface area contributed by atoms with Crippen LogP contribution >= 0.6 is 0 Å². The molecule has 0 aromatic rings. The first-order valence-corrected chi connectivity index (χ1v) is 6.13. The van der Waals surface area contributed by atoms with Gasteiger partial charge < -0.3 is 10.8 Å². The van der Waals surface area contributed by atoms with E-state index in [0.717, 1.165) is 19.3 Å². The Morgan fingerprint density at radius 3 is 2.31 bits per heavy atom. The molecule has 0 saturated heterocycles. The van der Waals surface area contributed by atoms with E-state index in [-0.39, 0.29) is 6.04 Å². The molecule has 2 atom stereocenters. The Morgan fingerprint density at radius 1 is 1.25 bits per heavy atom. The van der Waals surface area contributed by atoms with E-state index in [1.165, 1.54) is 12.8 Å². The van der Waals surface area contributed by atoms with Gasteiger partial charge in [-0.1, -0.05) is 26.2 Å². The lowest BCUT2D eigenvalue weighted by molar-refractivity contribution is -0.142. The molecular weight excluding hydrogens is 204 g/mol. The average Bonchev–Trinajstić information content (AvgIpc) is 2.17. The maximum Gasteiger partial charge on any atom is 0.320 e. The van der Waals surface area contributed by atoms with E-state index >= 15 is 0 Å². The van der Waals surface area contributed by atoms with Gasteiger partial charge in [-0.3, -0.25) is 9.69 Å². The van der Waals surface area contributed by atoms with Gasteiger partial charge in [0.1, 0.15) is 6.04 Å². The van der Waals surface area contributed by atoms with Crippen LogP contribution in [0.4, 0.5) is 0 Å². The number of likely N-dealkylation sites (N-methyl/N-ethyl adjacent to an activating group) is 1. The number of rotatable bonds is 9. The van der Waals surface area contributed by atoms with Crippen molar-refractivity contribution < 1.29 is 9.90 Å². The lowest BCUT2D eigenvalue weighted by Gasteiger charge is -2.21. The molecule has 0 aliphatic rings. The Bertz CT molecular complexity index is 195. The summed E-state index contributed by atoms with van der Waals surface area (Å²) in [6.07, 6.45) is 5.99. The summed E-state index contributed by atoms with van der Waals surface area (Å²) in [4.78, 5) is 12.7. The number of aliphatic carboxylic acids is 1. The van der Waals surface area contributed by atoms with Crippen molar-refractivity contribution in [1.29, 1.82) is 0 Å². The summed E-state index contributed by atoms with van der Waals surface area (Å²) in [5.41, 5.74) is 5.95. The number of nitrogens with zero attached hydrogens (tertiary/aromatic N) is 1. The molecule has 0 aliphatic carbocycles. The number of carbonyl (C=O) groups is 1. The summed E-state index contributed by atoms with van der Waals surface area (Å²) in [6.45, 7) is 2.16. The Morgan fingerprint density at radius 2 is 1.88 bits per heavy atom. The van der Waals surface area contributed by atoms with Crippen LogP contribution in [-0.2, 0) is 4.79 Å². The van der Waals surface area contributed by atoms with Gasteiger partial charge in [0, 0.05) is 6.04 Å². The topological polar surface area (TPSA) is 66.6 Å². The van der Waals surface area contributed by atoms with Crippen LogP contribution in [0, 0.1) is 0 Å². The Labute approximate surface area is 98.8 Å². The predicted octanol–water partition coefficient (Wildman–Crippen LogP) is 1.69. The molecule has 0 amide bonds. The summed E-state index contributed by atoms with van der Waals surface area (Å²) in [5, 5.41) is 8.99. The van der Waals surface area contributed by atoms with E-state index in [1.54, 1.807) is 19.0 Å². The van der Waals surface area contributed by atoms with Crippen molar-refractivity contribution in [3.63, 3.8) is 0 Å². The minimum absolute atomic E-state index is 0.147. The molecule has 0 spiro atoms. The molecule has 16 heavy (non-hydrogen) atoms. The summed E-state index contributed by atoms with van der Waals surface area (Å²) < 4.78 is 0. The van der Waals surface area contributed by atoms with Gasteiger partial charge in [0.25, 0.3) is 0 Å². The molecule has 0 rings (SSSR count). The molecule has 0 radical (unpaired) electrons. The molecule has 0 aromatic heterocycles. The fourth-order valence-corrected chi connectivity index (χ4v) is 1.78. The minimum atomic E-state index is -0.759. The summed E-state index contributed by atoms with van der Waals surface area (Å²) >= 11 is 0. The fourth-order valence-electron chi connectivity index (χ4n) is 1.78. The fraction of sp³-hybridized carbons (Fsp3) is 0.917. The van der Waals surface area contributed by atoms with E-state index in [0.29, 0.717) is 6.42 Å². The van der Waals surface area contributed by atoms with Crippen molar-refractivity contribution in [2.24, 2.45) is 5.73 Å². The van der Waals surface area contributed by atoms with Crippen LogP contribution in [0.1, 0.15) is 45.4 Å². The molecule has 0 fully saturated rings. The molecule has 2 unspecified atom stereocenters. The van der Waals surface area contributed by atoms with Gasteiger partial charge in [-0.15, -0.1) is 0 Å². The Kier molecular flexibility index (Phi) is 8.21. The van der Waals surface area contributed by atoms with Gasteiger partial charge >= 0.3 is 5.97 Å². The number of carboxylic acids is 1. The molecule has 4 heteroatoms. The molecule has 4 nitrogen and oxygen atoms in total. The number of hydrogen-bond donors (Lipinski definition) is 2.